The first kappa shape index (κ1) is 60.3. The third-order valence-corrected chi connectivity index (χ3v) is 14.3. The number of aliphatic hydroxyl groups excluding tert-OH is 4. The minimum absolute atomic E-state index is 0.143. The summed E-state index contributed by atoms with van der Waals surface area (Å²) >= 11 is 5.80. The van der Waals surface area contributed by atoms with Crippen LogP contribution in [0.1, 0.15) is 80.1 Å². The maximum atomic E-state index is 11.0. The van der Waals surface area contributed by atoms with E-state index in [1.54, 1.807) is 24.3 Å². The fourth-order valence-corrected chi connectivity index (χ4v) is 8.28. The summed E-state index contributed by atoms with van der Waals surface area (Å²) in [6, 6.07) is 0. The fraction of sp³-hybridized carbons (Fsp3) is 0.625. The van der Waals surface area contributed by atoms with Crippen LogP contribution in [0.25, 0.3) is 0 Å². The quantitative estimate of drug-likeness (QED) is 0.107. The van der Waals surface area contributed by atoms with E-state index in [4.69, 9.17) is 0 Å². The molecule has 12 atom stereocenters. The van der Waals surface area contributed by atoms with E-state index in [0.29, 0.717) is 68.6 Å². The number of ether oxygens (including phenoxy) is 6. The number of carbonyl (C=O) groups excluding carboxylic acids is 6. The van der Waals surface area contributed by atoms with Crippen LogP contribution < -0.4 is 0 Å². The second-order valence-electron chi connectivity index (χ2n) is 17.0. The van der Waals surface area contributed by atoms with Crippen LogP contribution in [-0.4, -0.2) is 132 Å². The molecule has 0 fully saturated rings. The summed E-state index contributed by atoms with van der Waals surface area (Å²) in [5.74, 6) is -0.0198. The highest BCUT2D eigenvalue weighted by molar-refractivity contribution is 14.1. The number of alkyl halides is 2. The summed E-state index contributed by atoms with van der Waals surface area (Å²) in [5.41, 5.74) is 3.99. The van der Waals surface area contributed by atoms with Crippen LogP contribution >= 0.6 is 38.5 Å². The molecule has 0 aromatic rings. The molecule has 6 rings (SSSR count). The lowest BCUT2D eigenvalue weighted by atomic mass is 10.1. The number of esters is 6. The number of halogens is 2. The van der Waals surface area contributed by atoms with Crippen molar-refractivity contribution in [3.05, 3.63) is 69.9 Å². The second-order valence-corrected chi connectivity index (χ2v) is 19.5. The third kappa shape index (κ3) is 19.5. The maximum Gasteiger partial charge on any atom is 0.333 e. The summed E-state index contributed by atoms with van der Waals surface area (Å²) in [7, 11) is 8.22. The Morgan fingerprint density at radius 3 is 0.742 bits per heavy atom. The summed E-state index contributed by atoms with van der Waals surface area (Å²) < 4.78 is 27.8. The Morgan fingerprint density at radius 2 is 0.591 bits per heavy atom. The molecular weight excluding hydrogens is 1040 g/mol. The van der Waals surface area contributed by atoms with E-state index in [0.717, 1.165) is 24.0 Å². The molecule has 0 saturated heterocycles. The van der Waals surface area contributed by atoms with Gasteiger partial charge in [-0.15, -0.1) is 0 Å². The first-order chi connectivity index (χ1) is 30.9. The number of rotatable bonds is 6. The van der Waals surface area contributed by atoms with Crippen LogP contribution in [-0.2, 0) is 57.2 Å². The van der Waals surface area contributed by atoms with E-state index < -0.39 is 24.4 Å². The number of hydrogen-bond acceptors (Lipinski definition) is 16. The number of allylic oxidation sites excluding steroid dienone is 2. The van der Waals surface area contributed by atoms with Gasteiger partial charge in [-0.1, -0.05) is 92.2 Å². The van der Waals surface area contributed by atoms with Gasteiger partial charge in [0.1, 0.15) is 0 Å². The predicted molar refractivity (Wildman–Crippen MR) is 258 cm³/mol. The zero-order valence-corrected chi connectivity index (χ0v) is 43.8. The maximum absolute atomic E-state index is 11.0. The molecule has 66 heavy (non-hydrogen) atoms. The Bertz CT molecular complexity index is 1530. The zero-order chi connectivity index (χ0) is 50.6. The summed E-state index contributed by atoms with van der Waals surface area (Å²) in [6.45, 7) is 11.8. The molecule has 16 nitrogen and oxygen atoms in total. The van der Waals surface area contributed by atoms with Crippen molar-refractivity contribution >= 4 is 74.3 Å². The number of hydrogen-bond donors (Lipinski definition) is 4. The van der Waals surface area contributed by atoms with Crippen LogP contribution in [0.2, 0.25) is 0 Å². The number of methoxy groups -OCH3 is 6. The van der Waals surface area contributed by atoms with E-state index in [1.807, 2.05) is 39.8 Å². The third-order valence-electron chi connectivity index (χ3n) is 11.6. The van der Waals surface area contributed by atoms with Crippen molar-refractivity contribution in [2.45, 2.75) is 113 Å². The molecule has 0 amide bonds. The molecule has 0 aromatic heterocycles. The standard InChI is InChI=1S/C8H11BrO2.C8H11IO2.4C8H12O3/c6*1-5-3-6(4-7(5)9)8(10)11-2/h2*4-5,7H,3H2,1-2H3;4*4-5,7,9H,3H2,1-2H3/t3*5-,7+;3*5-,7-/m000000/s1. The molecule has 0 aromatic carbocycles. The van der Waals surface area contributed by atoms with Gasteiger partial charge >= 0.3 is 35.8 Å². The highest BCUT2D eigenvalue weighted by Gasteiger charge is 2.30. The van der Waals surface area contributed by atoms with Crippen molar-refractivity contribution in [2.75, 3.05) is 42.7 Å². The average molecular weight is 1110 g/mol. The van der Waals surface area contributed by atoms with Crippen molar-refractivity contribution in [1.82, 2.24) is 0 Å². The van der Waals surface area contributed by atoms with Gasteiger partial charge in [-0.05, 0) is 98.3 Å². The average Bonchev–Trinajstić information content (AvgIpc) is 4.16. The highest BCUT2D eigenvalue weighted by atomic mass is 127. The predicted octanol–water partition coefficient (Wildman–Crippen LogP) is 5.76. The van der Waals surface area contributed by atoms with E-state index >= 15 is 0 Å². The number of carbonyl (C=O) groups is 6. The van der Waals surface area contributed by atoms with Crippen molar-refractivity contribution in [2.24, 2.45) is 35.5 Å². The van der Waals surface area contributed by atoms with Gasteiger partial charge in [0.2, 0.25) is 0 Å². The van der Waals surface area contributed by atoms with Crippen molar-refractivity contribution < 1.29 is 77.6 Å². The van der Waals surface area contributed by atoms with Gasteiger partial charge < -0.3 is 48.8 Å². The SMILES string of the molecule is COC(=O)C1=C[C@@H](Br)[C@@H](C)C1.COC(=O)C1=C[C@@H](I)[C@@H](C)C1.COC(=O)C1=C[C@@H](O)[C@@H](C)C1.COC(=O)C1=C[C@H](O)[C@@H](C)C1.COC(=O)C1=C[C@H](O)[C@@H](C)C1.COC(=O)C1=C[C@H](O)[C@@H](C)C1. The minimum Gasteiger partial charge on any atom is -0.466 e. The van der Waals surface area contributed by atoms with Gasteiger partial charge in [-0.3, -0.25) is 0 Å². The molecule has 0 aliphatic heterocycles. The molecule has 0 heterocycles. The smallest absolute Gasteiger partial charge is 0.333 e. The van der Waals surface area contributed by atoms with E-state index in [1.165, 1.54) is 42.7 Å². The van der Waals surface area contributed by atoms with Crippen LogP contribution in [0.4, 0.5) is 0 Å². The first-order valence-electron chi connectivity index (χ1n) is 21.6. The van der Waals surface area contributed by atoms with Crippen molar-refractivity contribution in [3.8, 4) is 0 Å². The molecule has 6 aliphatic rings. The summed E-state index contributed by atoms with van der Waals surface area (Å²) in [6.07, 6.45) is 12.4. The van der Waals surface area contributed by atoms with Gasteiger partial charge in [0, 0.05) is 42.2 Å². The molecule has 0 bridgehead atoms. The van der Waals surface area contributed by atoms with Crippen LogP contribution in [0.5, 0.6) is 0 Å². The largest absolute Gasteiger partial charge is 0.466 e. The number of aliphatic hydroxyl groups is 4. The van der Waals surface area contributed by atoms with Gasteiger partial charge in [0.25, 0.3) is 0 Å². The summed E-state index contributed by atoms with van der Waals surface area (Å²) in [5, 5.41) is 36.9. The first-order valence-corrected chi connectivity index (χ1v) is 23.8. The Labute approximate surface area is 411 Å². The molecule has 0 saturated carbocycles. The molecule has 372 valence electrons. The monoisotopic (exact) mass is 1110 g/mol. The molecule has 0 radical (unpaired) electrons. The van der Waals surface area contributed by atoms with Gasteiger partial charge in [0.15, 0.2) is 0 Å². The van der Waals surface area contributed by atoms with E-state index in [-0.39, 0.29) is 59.5 Å². The van der Waals surface area contributed by atoms with Gasteiger partial charge in [-0.2, -0.15) is 0 Å². The van der Waals surface area contributed by atoms with Crippen molar-refractivity contribution in [3.63, 3.8) is 0 Å². The van der Waals surface area contributed by atoms with Crippen LogP contribution in [0, 0.1) is 35.5 Å². The van der Waals surface area contributed by atoms with E-state index in [2.05, 4.69) is 80.8 Å². The Morgan fingerprint density at radius 1 is 0.394 bits per heavy atom. The fourth-order valence-electron chi connectivity index (χ4n) is 7.09. The lowest BCUT2D eigenvalue weighted by molar-refractivity contribution is -0.137. The second kappa shape index (κ2) is 29.9. The molecule has 6 aliphatic carbocycles. The zero-order valence-electron chi connectivity index (χ0n) is 40.1. The summed E-state index contributed by atoms with van der Waals surface area (Å²) in [4.78, 5) is 65.9. The topological polar surface area (TPSA) is 239 Å². The lowest BCUT2D eigenvalue weighted by Gasteiger charge is -2.04. The Balaban J connectivity index is 0.000000396. The highest BCUT2D eigenvalue weighted by Crippen LogP contribution is 2.32. The van der Waals surface area contributed by atoms with Gasteiger partial charge in [0.05, 0.1) is 67.1 Å². The van der Waals surface area contributed by atoms with Crippen LogP contribution in [0.15, 0.2) is 69.9 Å². The lowest BCUT2D eigenvalue weighted by Crippen LogP contribution is -2.08. The molecule has 0 spiro atoms. The molecule has 0 unspecified atom stereocenters. The molecule has 18 heteroatoms. The normalized spacial score (nSPS) is 29.9. The van der Waals surface area contributed by atoms with E-state index in [9.17, 15) is 49.2 Å². The minimum atomic E-state index is -0.482. The van der Waals surface area contributed by atoms with Crippen LogP contribution in [0.3, 0.4) is 0 Å². The van der Waals surface area contributed by atoms with Gasteiger partial charge in [-0.25, -0.2) is 28.8 Å². The molecular formula is C48H70BrIO16. The Hall–Kier alpha value is -3.69. The van der Waals surface area contributed by atoms with Crippen molar-refractivity contribution in [1.29, 1.82) is 0 Å². The Kier molecular flexibility index (Phi) is 27.4. The molecule has 4 N–H and O–H groups in total.